The molecule has 3 amide bonds. The fraction of sp³-hybridized carbons (Fsp3) is 0.520. The van der Waals surface area contributed by atoms with Gasteiger partial charge in [0.1, 0.15) is 23.5 Å². The second-order valence-corrected chi connectivity index (χ2v) is 15.4. The number of fused-ring (bicyclic) bond motifs is 1. The van der Waals surface area contributed by atoms with Gasteiger partial charge in [0.25, 0.3) is 5.91 Å². The van der Waals surface area contributed by atoms with E-state index in [1.165, 1.54) is 7.11 Å². The van der Waals surface area contributed by atoms with Crippen LogP contribution in [-0.4, -0.2) is 80.7 Å². The molecule has 2 aromatic rings. The number of amides is 3. The van der Waals surface area contributed by atoms with Gasteiger partial charge in [0.05, 0.1) is 22.3 Å². The number of benzene rings is 1. The lowest BCUT2D eigenvalue weighted by atomic mass is 9.91. The van der Waals surface area contributed by atoms with Crippen LogP contribution in [0, 0.1) is 5.92 Å². The van der Waals surface area contributed by atoms with E-state index in [0.717, 1.165) is 17.3 Å². The fourth-order valence-corrected chi connectivity index (χ4v) is 8.13. The summed E-state index contributed by atoms with van der Waals surface area (Å²) < 4.78 is 10.3. The summed E-state index contributed by atoms with van der Waals surface area (Å²) in [7, 11) is 0.938. The first-order valence-corrected chi connectivity index (χ1v) is 15.7. The Morgan fingerprint density at radius 1 is 1.25 bits per heavy atom. The van der Waals surface area contributed by atoms with Crippen LogP contribution in [0.15, 0.2) is 24.3 Å². The number of hydrogen-bond donors (Lipinski definition) is 3. The summed E-state index contributed by atoms with van der Waals surface area (Å²) in [6.07, 6.45) is 2.14. The van der Waals surface area contributed by atoms with Crippen molar-refractivity contribution in [3.8, 4) is 5.75 Å². The lowest BCUT2D eigenvalue weighted by Crippen LogP contribution is -2.52. The van der Waals surface area contributed by atoms with Crippen molar-refractivity contribution in [3.63, 3.8) is 0 Å². The number of H-pyrrole nitrogens is 1. The van der Waals surface area contributed by atoms with Crippen LogP contribution in [0.4, 0.5) is 0 Å². The zero-order chi connectivity index (χ0) is 26.0. The van der Waals surface area contributed by atoms with Crippen LogP contribution in [-0.2, 0) is 19.1 Å². The van der Waals surface area contributed by atoms with E-state index >= 15 is 0 Å². The number of aromatic nitrogens is 1. The third kappa shape index (κ3) is 5.25. The van der Waals surface area contributed by atoms with Gasteiger partial charge >= 0.3 is 5.97 Å². The van der Waals surface area contributed by atoms with Crippen LogP contribution in [0.3, 0.4) is 0 Å². The Hall–Kier alpha value is -3.34. The first-order valence-electron chi connectivity index (χ1n) is 12.3. The Morgan fingerprint density at radius 3 is 2.72 bits per heavy atom. The van der Waals surface area contributed by atoms with Gasteiger partial charge in [-0.15, -0.1) is 0 Å². The second-order valence-electron chi connectivity index (χ2n) is 10.4. The second kappa shape index (κ2) is 10.3. The van der Waals surface area contributed by atoms with Crippen molar-refractivity contribution in [1.82, 2.24) is 20.5 Å². The minimum Gasteiger partial charge on any atom is -0.496 e. The fourth-order valence-electron chi connectivity index (χ4n) is 5.26. The van der Waals surface area contributed by atoms with Crippen LogP contribution in [0.5, 0.6) is 5.75 Å². The van der Waals surface area contributed by atoms with Crippen LogP contribution < -0.4 is 15.4 Å². The number of nitrogens with one attached hydrogen (secondary N) is 3. The normalized spacial score (nSPS) is 22.1. The van der Waals surface area contributed by atoms with Crippen LogP contribution in [0.2, 0.25) is 19.1 Å². The van der Waals surface area contributed by atoms with Crippen molar-refractivity contribution in [3.05, 3.63) is 30.0 Å². The van der Waals surface area contributed by atoms with Gasteiger partial charge in [-0.3, -0.25) is 14.4 Å². The molecule has 3 heterocycles. The van der Waals surface area contributed by atoms with E-state index in [9.17, 15) is 19.2 Å². The number of ether oxygens (including phenoxy) is 2. The molecule has 0 aliphatic carbocycles. The molecule has 0 bridgehead atoms. The molecule has 4 rings (SSSR count). The highest BCUT2D eigenvalue weighted by Gasteiger charge is 2.46. The molecule has 2 aliphatic rings. The van der Waals surface area contributed by atoms with Gasteiger partial charge in [-0.2, -0.15) is 0 Å². The SMILES string of the molecule is COC(=O)[C@H](C[C@@H]1CCCNC1=O)NC(=O)[C@@H]1C[Si](C)(C)CN1C(=O)c1cc2c(OC)cccc2[nH]1. The maximum absolute atomic E-state index is 13.6. The molecule has 194 valence electrons. The number of methoxy groups -OCH3 is 2. The number of hydrogen-bond acceptors (Lipinski definition) is 6. The van der Waals surface area contributed by atoms with E-state index in [4.69, 9.17) is 9.47 Å². The Balaban J connectivity index is 1.55. The van der Waals surface area contributed by atoms with Gasteiger partial charge < -0.3 is 30.0 Å². The van der Waals surface area contributed by atoms with Gasteiger partial charge in [0, 0.05) is 29.5 Å². The third-order valence-electron chi connectivity index (χ3n) is 7.08. The Kier molecular flexibility index (Phi) is 7.39. The summed E-state index contributed by atoms with van der Waals surface area (Å²) in [5.74, 6) is -1.12. The lowest BCUT2D eigenvalue weighted by molar-refractivity contribution is -0.146. The average Bonchev–Trinajstić information content (AvgIpc) is 3.44. The highest BCUT2D eigenvalue weighted by atomic mass is 28.3. The van der Waals surface area contributed by atoms with E-state index in [1.54, 1.807) is 18.1 Å². The van der Waals surface area contributed by atoms with Crippen molar-refractivity contribution < 1.29 is 28.7 Å². The number of esters is 1. The molecule has 0 saturated carbocycles. The first-order chi connectivity index (χ1) is 17.1. The van der Waals surface area contributed by atoms with Gasteiger partial charge in [0.15, 0.2) is 0 Å². The highest BCUT2D eigenvalue weighted by Crippen LogP contribution is 2.31. The summed E-state index contributed by atoms with van der Waals surface area (Å²) in [4.78, 5) is 56.6. The zero-order valence-corrected chi connectivity index (χ0v) is 22.2. The van der Waals surface area contributed by atoms with Gasteiger partial charge in [-0.25, -0.2) is 4.79 Å². The molecule has 3 atom stereocenters. The van der Waals surface area contributed by atoms with E-state index in [0.29, 0.717) is 36.6 Å². The predicted octanol–water partition coefficient (Wildman–Crippen LogP) is 1.82. The molecule has 0 spiro atoms. The maximum Gasteiger partial charge on any atom is 0.328 e. The number of aromatic amines is 1. The van der Waals surface area contributed by atoms with Crippen molar-refractivity contribution in [1.29, 1.82) is 0 Å². The molecule has 2 saturated heterocycles. The summed E-state index contributed by atoms with van der Waals surface area (Å²) in [5, 5.41) is 6.40. The molecule has 0 radical (unpaired) electrons. The van der Waals surface area contributed by atoms with E-state index < -0.39 is 32.0 Å². The van der Waals surface area contributed by atoms with Gasteiger partial charge in [0.2, 0.25) is 11.8 Å². The summed E-state index contributed by atoms with van der Waals surface area (Å²) >= 11 is 0. The summed E-state index contributed by atoms with van der Waals surface area (Å²) in [6.45, 7) is 4.89. The number of rotatable bonds is 7. The van der Waals surface area contributed by atoms with Crippen LogP contribution in [0.1, 0.15) is 29.8 Å². The smallest absolute Gasteiger partial charge is 0.328 e. The number of nitrogens with zero attached hydrogens (tertiary/aromatic N) is 1. The molecule has 2 aliphatic heterocycles. The minimum atomic E-state index is -1.90. The van der Waals surface area contributed by atoms with Gasteiger partial charge in [-0.1, -0.05) is 19.2 Å². The molecule has 1 aromatic heterocycles. The van der Waals surface area contributed by atoms with Crippen LogP contribution >= 0.6 is 0 Å². The Labute approximate surface area is 211 Å². The number of carbonyl (C=O) groups is 4. The van der Waals surface area contributed by atoms with Crippen LogP contribution in [0.25, 0.3) is 10.9 Å². The van der Waals surface area contributed by atoms with E-state index in [2.05, 4.69) is 28.7 Å². The number of carbonyl (C=O) groups excluding carboxylic acids is 4. The molecule has 36 heavy (non-hydrogen) atoms. The van der Waals surface area contributed by atoms with E-state index in [1.807, 2.05) is 18.2 Å². The molecular weight excluding hydrogens is 480 g/mol. The Morgan fingerprint density at radius 2 is 2.03 bits per heavy atom. The molecule has 11 heteroatoms. The molecular formula is C25H34N4O6Si. The zero-order valence-electron chi connectivity index (χ0n) is 21.2. The summed E-state index contributed by atoms with van der Waals surface area (Å²) in [6, 6.07) is 6.18. The maximum atomic E-state index is 13.6. The van der Waals surface area contributed by atoms with Gasteiger partial charge in [-0.05, 0) is 43.5 Å². The van der Waals surface area contributed by atoms with Crippen molar-refractivity contribution >= 4 is 42.7 Å². The summed E-state index contributed by atoms with van der Waals surface area (Å²) in [5.41, 5.74) is 1.15. The number of piperidine rings is 1. The van der Waals surface area contributed by atoms with E-state index in [-0.39, 0.29) is 24.2 Å². The van der Waals surface area contributed by atoms with Crippen molar-refractivity contribution in [2.75, 3.05) is 26.9 Å². The highest BCUT2D eigenvalue weighted by molar-refractivity contribution is 6.79. The average molecular weight is 515 g/mol. The molecule has 3 N–H and O–H groups in total. The predicted molar refractivity (Wildman–Crippen MR) is 136 cm³/mol. The molecule has 10 nitrogen and oxygen atoms in total. The molecule has 1 aromatic carbocycles. The molecule has 0 unspecified atom stereocenters. The first kappa shape index (κ1) is 25.7. The third-order valence-corrected chi connectivity index (χ3v) is 9.77. The van der Waals surface area contributed by atoms with Crippen molar-refractivity contribution in [2.24, 2.45) is 5.92 Å². The minimum absolute atomic E-state index is 0.121. The Bertz CT molecular complexity index is 1180. The van der Waals surface area contributed by atoms with Crippen molar-refractivity contribution in [2.45, 2.75) is 50.5 Å². The largest absolute Gasteiger partial charge is 0.496 e. The lowest BCUT2D eigenvalue weighted by Gasteiger charge is -2.28. The quantitative estimate of drug-likeness (QED) is 0.382. The monoisotopic (exact) mass is 514 g/mol. The standard InChI is InChI=1S/C25H34N4O6Si/c1-34-21-9-5-8-17-16(21)12-18(27-17)24(32)29-14-36(3,4)13-20(29)23(31)28-19(25(33)35-2)11-15-7-6-10-26-22(15)30/h5,8-9,12,15,19-20,27H,6-7,10-11,13-14H2,1-4H3,(H,26,30)(H,28,31)/t15-,19-,20-/m0/s1. The molecule has 2 fully saturated rings. The topological polar surface area (TPSA) is 130 Å².